The highest BCUT2D eigenvalue weighted by Crippen LogP contribution is 2.19. The number of nitriles is 1. The van der Waals surface area contributed by atoms with Gasteiger partial charge in [-0.15, -0.1) is 0 Å². The normalized spacial score (nSPS) is 11.7. The van der Waals surface area contributed by atoms with E-state index in [1.165, 1.54) is 12.1 Å². The molecule has 1 aromatic heterocycles. The lowest BCUT2D eigenvalue weighted by atomic mass is 10.1. The minimum absolute atomic E-state index is 0.0435. The Balaban J connectivity index is 2.09. The molecule has 1 aromatic carbocycles. The highest BCUT2D eigenvalue weighted by Gasteiger charge is 2.05. The van der Waals surface area contributed by atoms with E-state index < -0.39 is 0 Å². The van der Waals surface area contributed by atoms with Crippen LogP contribution < -0.4 is 10.5 Å². The van der Waals surface area contributed by atoms with Crippen molar-refractivity contribution in [3.8, 4) is 11.8 Å². The van der Waals surface area contributed by atoms with Crippen molar-refractivity contribution in [3.63, 3.8) is 0 Å². The van der Waals surface area contributed by atoms with Crippen molar-refractivity contribution in [3.05, 3.63) is 59.2 Å². The fraction of sp³-hybridized carbons (Fsp3) is 0.250. The Morgan fingerprint density at radius 2 is 2.14 bits per heavy atom. The molecule has 0 radical (unpaired) electrons. The molecule has 2 N–H and O–H groups in total. The Hall–Kier alpha value is -2.45. The maximum atomic E-state index is 13.5. The maximum Gasteiger partial charge on any atom is 0.140 e. The second kappa shape index (κ2) is 6.82. The molecule has 0 aliphatic carbocycles. The summed E-state index contributed by atoms with van der Waals surface area (Å²) in [5, 5.41) is 8.79. The highest BCUT2D eigenvalue weighted by atomic mass is 19.1. The molecule has 0 saturated heterocycles. The Morgan fingerprint density at radius 1 is 1.33 bits per heavy atom. The molecule has 0 fully saturated rings. The lowest BCUT2D eigenvalue weighted by Crippen LogP contribution is -2.17. The summed E-state index contributed by atoms with van der Waals surface area (Å²) in [7, 11) is 0. The zero-order chi connectivity index (χ0) is 15.2. The van der Waals surface area contributed by atoms with Crippen molar-refractivity contribution in [2.75, 3.05) is 0 Å². The van der Waals surface area contributed by atoms with E-state index in [-0.39, 0.29) is 18.5 Å². The van der Waals surface area contributed by atoms with Crippen LogP contribution in [0, 0.1) is 17.1 Å². The summed E-state index contributed by atoms with van der Waals surface area (Å²) in [5.74, 6) is 0.0940. The van der Waals surface area contributed by atoms with Gasteiger partial charge in [-0.25, -0.2) is 9.37 Å². The topological polar surface area (TPSA) is 71.9 Å². The summed E-state index contributed by atoms with van der Waals surface area (Å²) in [5.41, 5.74) is 7.65. The molecule has 21 heavy (non-hydrogen) atoms. The van der Waals surface area contributed by atoms with E-state index in [9.17, 15) is 4.39 Å². The molecule has 2 aromatic rings. The summed E-state index contributed by atoms with van der Waals surface area (Å²) in [6.45, 7) is 2.12. The van der Waals surface area contributed by atoms with Gasteiger partial charge >= 0.3 is 0 Å². The molecule has 0 bridgehead atoms. The minimum atomic E-state index is -0.351. The molecule has 5 heteroatoms. The van der Waals surface area contributed by atoms with E-state index in [0.29, 0.717) is 17.9 Å². The standard InChI is InChI=1S/C16H16FN3O/c1-11(19)4-13-5-14(17)8-16(7-13)21-10-12-2-3-20-15(6-12)9-18/h2-3,5-8,11H,4,10,19H2,1H3. The first-order chi connectivity index (χ1) is 10.1. The number of halogens is 1. The van der Waals surface area contributed by atoms with Crippen molar-refractivity contribution in [1.82, 2.24) is 4.98 Å². The summed E-state index contributed by atoms with van der Waals surface area (Å²) in [6.07, 6.45) is 2.13. The number of hydrogen-bond acceptors (Lipinski definition) is 4. The van der Waals surface area contributed by atoms with Crippen molar-refractivity contribution in [2.24, 2.45) is 5.73 Å². The Morgan fingerprint density at radius 3 is 2.86 bits per heavy atom. The Kier molecular flexibility index (Phi) is 4.85. The van der Waals surface area contributed by atoms with Gasteiger partial charge in [-0.3, -0.25) is 0 Å². The number of nitrogens with zero attached hydrogens (tertiary/aromatic N) is 2. The fourth-order valence-electron chi connectivity index (χ4n) is 1.99. The van der Waals surface area contributed by atoms with E-state index in [2.05, 4.69) is 4.98 Å². The van der Waals surface area contributed by atoms with Gasteiger partial charge in [0.1, 0.15) is 29.9 Å². The van der Waals surface area contributed by atoms with Crippen LogP contribution in [0.5, 0.6) is 5.75 Å². The van der Waals surface area contributed by atoms with Crippen LogP contribution in [-0.2, 0) is 13.0 Å². The molecule has 0 spiro atoms. The third-order valence-electron chi connectivity index (χ3n) is 2.83. The van der Waals surface area contributed by atoms with Crippen LogP contribution in [0.15, 0.2) is 36.5 Å². The number of benzene rings is 1. The summed E-state index contributed by atoms with van der Waals surface area (Å²) >= 11 is 0. The largest absolute Gasteiger partial charge is 0.489 e. The van der Waals surface area contributed by atoms with Gasteiger partial charge < -0.3 is 10.5 Å². The third kappa shape index (κ3) is 4.55. The van der Waals surface area contributed by atoms with Crippen LogP contribution in [0.4, 0.5) is 4.39 Å². The molecule has 2 rings (SSSR count). The quantitative estimate of drug-likeness (QED) is 0.916. The smallest absolute Gasteiger partial charge is 0.140 e. The molecule has 0 saturated carbocycles. The van der Waals surface area contributed by atoms with Gasteiger partial charge in [-0.2, -0.15) is 5.26 Å². The van der Waals surface area contributed by atoms with Crippen LogP contribution in [0.25, 0.3) is 0 Å². The molecule has 0 amide bonds. The van der Waals surface area contributed by atoms with Crippen LogP contribution >= 0.6 is 0 Å². The molecule has 0 aliphatic heterocycles. The van der Waals surface area contributed by atoms with Crippen LogP contribution in [-0.4, -0.2) is 11.0 Å². The Bertz CT molecular complexity index is 665. The first kappa shape index (κ1) is 14.9. The van der Waals surface area contributed by atoms with Gasteiger partial charge in [0.2, 0.25) is 0 Å². The second-order valence-electron chi connectivity index (χ2n) is 4.93. The molecular weight excluding hydrogens is 269 g/mol. The van der Waals surface area contributed by atoms with E-state index in [0.717, 1.165) is 11.1 Å². The highest BCUT2D eigenvalue weighted by molar-refractivity contribution is 5.31. The van der Waals surface area contributed by atoms with Gasteiger partial charge in [-0.05, 0) is 48.7 Å². The molecule has 0 aliphatic rings. The predicted molar refractivity (Wildman–Crippen MR) is 77.0 cm³/mol. The van der Waals surface area contributed by atoms with Crippen molar-refractivity contribution >= 4 is 0 Å². The molecule has 1 unspecified atom stereocenters. The Labute approximate surface area is 123 Å². The zero-order valence-corrected chi connectivity index (χ0v) is 11.7. The van der Waals surface area contributed by atoms with E-state index in [4.69, 9.17) is 15.7 Å². The van der Waals surface area contributed by atoms with Crippen LogP contribution in [0.2, 0.25) is 0 Å². The van der Waals surface area contributed by atoms with Gasteiger partial charge in [0.25, 0.3) is 0 Å². The molecule has 1 atom stereocenters. The van der Waals surface area contributed by atoms with E-state index in [1.54, 1.807) is 24.4 Å². The first-order valence-electron chi connectivity index (χ1n) is 6.59. The number of nitrogens with two attached hydrogens (primary N) is 1. The zero-order valence-electron chi connectivity index (χ0n) is 11.7. The molecule has 1 heterocycles. The SMILES string of the molecule is CC(N)Cc1cc(F)cc(OCc2ccnc(C#N)c2)c1. The van der Waals surface area contributed by atoms with Gasteiger partial charge in [-0.1, -0.05) is 0 Å². The lowest BCUT2D eigenvalue weighted by molar-refractivity contribution is 0.304. The summed E-state index contributed by atoms with van der Waals surface area (Å²) in [4.78, 5) is 3.88. The first-order valence-corrected chi connectivity index (χ1v) is 6.59. The van der Waals surface area contributed by atoms with Crippen molar-refractivity contribution in [1.29, 1.82) is 5.26 Å². The van der Waals surface area contributed by atoms with Crippen LogP contribution in [0.3, 0.4) is 0 Å². The van der Waals surface area contributed by atoms with Gasteiger partial charge in [0.05, 0.1) is 0 Å². The number of aromatic nitrogens is 1. The third-order valence-corrected chi connectivity index (χ3v) is 2.83. The second-order valence-corrected chi connectivity index (χ2v) is 4.93. The fourth-order valence-corrected chi connectivity index (χ4v) is 1.99. The maximum absolute atomic E-state index is 13.5. The summed E-state index contributed by atoms with van der Waals surface area (Å²) < 4.78 is 19.1. The van der Waals surface area contributed by atoms with Crippen LogP contribution in [0.1, 0.15) is 23.7 Å². The molecular formula is C16H16FN3O. The minimum Gasteiger partial charge on any atom is -0.489 e. The number of ether oxygens (including phenoxy) is 1. The number of pyridine rings is 1. The van der Waals surface area contributed by atoms with Gasteiger partial charge in [0.15, 0.2) is 0 Å². The van der Waals surface area contributed by atoms with Crippen molar-refractivity contribution in [2.45, 2.75) is 26.0 Å². The number of rotatable bonds is 5. The predicted octanol–water partition coefficient (Wildman–Crippen LogP) is 2.56. The summed E-state index contributed by atoms with van der Waals surface area (Å²) in [6, 6.07) is 9.88. The molecule has 4 nitrogen and oxygen atoms in total. The number of hydrogen-bond donors (Lipinski definition) is 1. The average Bonchev–Trinajstić information content (AvgIpc) is 2.44. The average molecular weight is 285 g/mol. The lowest BCUT2D eigenvalue weighted by Gasteiger charge is -2.10. The van der Waals surface area contributed by atoms with Crippen molar-refractivity contribution < 1.29 is 9.13 Å². The van der Waals surface area contributed by atoms with E-state index >= 15 is 0 Å². The van der Waals surface area contributed by atoms with Gasteiger partial charge in [0, 0.05) is 18.3 Å². The molecule has 108 valence electrons. The monoisotopic (exact) mass is 285 g/mol. The van der Waals surface area contributed by atoms with E-state index in [1.807, 2.05) is 13.0 Å².